The fourth-order valence-corrected chi connectivity index (χ4v) is 3.81. The molecule has 8 nitrogen and oxygen atoms in total. The zero-order valence-corrected chi connectivity index (χ0v) is 22.2. The Labute approximate surface area is 209 Å². The summed E-state index contributed by atoms with van der Waals surface area (Å²) in [5.41, 5.74) is 0.835. The second-order valence-corrected chi connectivity index (χ2v) is 8.06. The molecule has 1 saturated heterocycles. The number of hydrogen-bond donors (Lipinski definition) is 3. The van der Waals surface area contributed by atoms with Gasteiger partial charge in [0.2, 0.25) is 5.91 Å². The Morgan fingerprint density at radius 3 is 2.44 bits per heavy atom. The van der Waals surface area contributed by atoms with Crippen molar-refractivity contribution in [1.29, 1.82) is 0 Å². The number of nitrogens with one attached hydrogen (secondary N) is 3. The van der Waals surface area contributed by atoms with Crippen LogP contribution in [0, 0.1) is 12.8 Å². The number of carbonyl (C=O) groups excluding carboxylic acids is 2. The minimum absolute atomic E-state index is 0. The standard InChI is InChI=1S/C23H39N5O3.HI/c1-5-18(6-2)22(30)28-14-9-19(10-15-28)27-23(24-7-3)26-13-8-12-25-21(29)20-17(4)11-16-31-20;/h11,16,18-19H,5-10,12-15H2,1-4H3,(H,25,29)(H2,24,26,27);1H. The van der Waals surface area contributed by atoms with Crippen LogP contribution in [0.4, 0.5) is 0 Å². The van der Waals surface area contributed by atoms with E-state index in [4.69, 9.17) is 4.42 Å². The summed E-state index contributed by atoms with van der Waals surface area (Å²) in [6.45, 7) is 11.6. The molecule has 1 aliphatic heterocycles. The number of guanidine groups is 1. The number of rotatable bonds is 10. The summed E-state index contributed by atoms with van der Waals surface area (Å²) in [4.78, 5) is 31.3. The van der Waals surface area contributed by atoms with Crippen LogP contribution in [0.5, 0.6) is 0 Å². The number of hydrogen-bond acceptors (Lipinski definition) is 4. The van der Waals surface area contributed by atoms with Gasteiger partial charge in [-0.05, 0) is 52.0 Å². The van der Waals surface area contributed by atoms with Crippen LogP contribution in [-0.2, 0) is 4.79 Å². The van der Waals surface area contributed by atoms with Gasteiger partial charge in [-0.3, -0.25) is 14.6 Å². The second-order valence-electron chi connectivity index (χ2n) is 8.06. The first kappa shape index (κ1) is 28.3. The van der Waals surface area contributed by atoms with E-state index in [-0.39, 0.29) is 35.8 Å². The average Bonchev–Trinajstić information content (AvgIpc) is 3.20. The molecule has 1 fully saturated rings. The van der Waals surface area contributed by atoms with E-state index in [2.05, 4.69) is 34.8 Å². The lowest BCUT2D eigenvalue weighted by atomic mass is 9.98. The molecule has 0 aromatic carbocycles. The van der Waals surface area contributed by atoms with E-state index >= 15 is 0 Å². The van der Waals surface area contributed by atoms with E-state index in [9.17, 15) is 9.59 Å². The first-order valence-electron chi connectivity index (χ1n) is 11.7. The van der Waals surface area contributed by atoms with Crippen LogP contribution in [0.15, 0.2) is 21.7 Å². The van der Waals surface area contributed by atoms with E-state index in [0.717, 1.165) is 63.3 Å². The Bertz CT molecular complexity index is 725. The summed E-state index contributed by atoms with van der Waals surface area (Å²) in [7, 11) is 0. The third kappa shape index (κ3) is 8.63. The fourth-order valence-electron chi connectivity index (χ4n) is 3.81. The van der Waals surface area contributed by atoms with Gasteiger partial charge in [0.15, 0.2) is 11.7 Å². The van der Waals surface area contributed by atoms with Crippen LogP contribution >= 0.6 is 24.0 Å². The quantitative estimate of drug-likeness (QED) is 0.176. The number of amides is 2. The normalized spacial score (nSPS) is 14.8. The van der Waals surface area contributed by atoms with Crippen molar-refractivity contribution in [1.82, 2.24) is 20.9 Å². The van der Waals surface area contributed by atoms with Crippen molar-refractivity contribution in [2.24, 2.45) is 10.9 Å². The van der Waals surface area contributed by atoms with Gasteiger partial charge < -0.3 is 25.3 Å². The molecule has 9 heteroatoms. The summed E-state index contributed by atoms with van der Waals surface area (Å²) >= 11 is 0. The molecule has 2 rings (SSSR count). The molecule has 0 unspecified atom stereocenters. The molecule has 182 valence electrons. The first-order chi connectivity index (χ1) is 15.0. The van der Waals surface area contributed by atoms with Crippen molar-refractivity contribution in [3.8, 4) is 0 Å². The molecule has 1 aromatic heterocycles. The highest BCUT2D eigenvalue weighted by Gasteiger charge is 2.26. The molecule has 0 atom stereocenters. The van der Waals surface area contributed by atoms with Crippen molar-refractivity contribution >= 4 is 41.8 Å². The lowest BCUT2D eigenvalue weighted by molar-refractivity contribution is -0.136. The molecular formula is C23H40IN5O3. The maximum absolute atomic E-state index is 12.6. The third-order valence-corrected chi connectivity index (χ3v) is 5.79. The van der Waals surface area contributed by atoms with E-state index < -0.39 is 0 Å². The smallest absolute Gasteiger partial charge is 0.287 e. The van der Waals surface area contributed by atoms with Gasteiger partial charge in [-0.1, -0.05) is 13.8 Å². The van der Waals surface area contributed by atoms with Crippen molar-refractivity contribution < 1.29 is 14.0 Å². The number of aryl methyl sites for hydroxylation is 1. The zero-order valence-electron chi connectivity index (χ0n) is 19.9. The average molecular weight is 562 g/mol. The van der Waals surface area contributed by atoms with Crippen molar-refractivity contribution in [2.45, 2.75) is 65.8 Å². The maximum atomic E-state index is 12.6. The zero-order chi connectivity index (χ0) is 22.6. The molecule has 0 radical (unpaired) electrons. The summed E-state index contributed by atoms with van der Waals surface area (Å²) in [5, 5.41) is 9.65. The number of furan rings is 1. The van der Waals surface area contributed by atoms with E-state index in [1.54, 1.807) is 6.07 Å². The Kier molecular flexibility index (Phi) is 13.4. The molecule has 0 aliphatic carbocycles. The lowest BCUT2D eigenvalue weighted by Gasteiger charge is -2.34. The molecule has 0 bridgehead atoms. The Hall–Kier alpha value is -1.78. The highest BCUT2D eigenvalue weighted by atomic mass is 127. The summed E-state index contributed by atoms with van der Waals surface area (Å²) in [6.07, 6.45) is 5.93. The third-order valence-electron chi connectivity index (χ3n) is 5.79. The SMILES string of the molecule is CCNC(=NCCCNC(=O)c1occc1C)NC1CCN(C(=O)C(CC)CC)CC1.I. The van der Waals surface area contributed by atoms with Crippen LogP contribution in [0.1, 0.15) is 69.0 Å². The van der Waals surface area contributed by atoms with Gasteiger partial charge in [0.1, 0.15) is 0 Å². The predicted octanol–water partition coefficient (Wildman–Crippen LogP) is 3.31. The molecule has 32 heavy (non-hydrogen) atoms. The molecule has 3 N–H and O–H groups in total. The van der Waals surface area contributed by atoms with Crippen LogP contribution in [-0.4, -0.2) is 61.4 Å². The monoisotopic (exact) mass is 561 g/mol. The molecule has 2 amide bonds. The largest absolute Gasteiger partial charge is 0.459 e. The minimum atomic E-state index is -0.189. The topological polar surface area (TPSA) is 99.0 Å². The molecule has 1 aliphatic rings. The van der Waals surface area contributed by atoms with Crippen LogP contribution in [0.2, 0.25) is 0 Å². The Morgan fingerprint density at radius 1 is 1.19 bits per heavy atom. The van der Waals surface area contributed by atoms with Crippen molar-refractivity contribution in [3.05, 3.63) is 23.7 Å². The van der Waals surface area contributed by atoms with Crippen LogP contribution < -0.4 is 16.0 Å². The summed E-state index contributed by atoms with van der Waals surface area (Å²) in [6, 6.07) is 2.09. The van der Waals surface area contributed by atoms with Gasteiger partial charge in [0, 0.05) is 50.2 Å². The van der Waals surface area contributed by atoms with Gasteiger partial charge >= 0.3 is 0 Å². The Balaban J connectivity index is 0.00000512. The number of carbonyl (C=O) groups is 2. The molecule has 0 saturated carbocycles. The number of piperidine rings is 1. The molecule has 1 aromatic rings. The van der Waals surface area contributed by atoms with E-state index in [1.807, 2.05) is 18.7 Å². The van der Waals surface area contributed by atoms with Gasteiger partial charge in [0.05, 0.1) is 6.26 Å². The van der Waals surface area contributed by atoms with E-state index in [0.29, 0.717) is 30.8 Å². The number of aliphatic imine (C=N–C) groups is 1. The van der Waals surface area contributed by atoms with Crippen LogP contribution in [0.3, 0.4) is 0 Å². The predicted molar refractivity (Wildman–Crippen MR) is 139 cm³/mol. The van der Waals surface area contributed by atoms with Gasteiger partial charge in [-0.15, -0.1) is 24.0 Å². The first-order valence-corrected chi connectivity index (χ1v) is 11.7. The summed E-state index contributed by atoms with van der Waals surface area (Å²) < 4.78 is 5.20. The van der Waals surface area contributed by atoms with Gasteiger partial charge in [-0.2, -0.15) is 0 Å². The van der Waals surface area contributed by atoms with Crippen LogP contribution in [0.25, 0.3) is 0 Å². The highest BCUT2D eigenvalue weighted by Crippen LogP contribution is 2.17. The second kappa shape index (κ2) is 15.1. The minimum Gasteiger partial charge on any atom is -0.459 e. The number of likely N-dealkylation sites (tertiary alicyclic amines) is 1. The van der Waals surface area contributed by atoms with E-state index in [1.165, 1.54) is 6.26 Å². The van der Waals surface area contributed by atoms with Crippen molar-refractivity contribution in [3.63, 3.8) is 0 Å². The number of nitrogens with zero attached hydrogens (tertiary/aromatic N) is 2. The maximum Gasteiger partial charge on any atom is 0.287 e. The fraction of sp³-hybridized carbons (Fsp3) is 0.696. The molecule has 2 heterocycles. The van der Waals surface area contributed by atoms with Crippen molar-refractivity contribution in [2.75, 3.05) is 32.7 Å². The number of halogens is 1. The summed E-state index contributed by atoms with van der Waals surface area (Å²) in [5.74, 6) is 1.43. The lowest BCUT2D eigenvalue weighted by Crippen LogP contribution is -2.50. The van der Waals surface area contributed by atoms with Gasteiger partial charge in [0.25, 0.3) is 5.91 Å². The van der Waals surface area contributed by atoms with Gasteiger partial charge in [-0.25, -0.2) is 0 Å². The Morgan fingerprint density at radius 2 is 1.88 bits per heavy atom. The molecule has 0 spiro atoms. The molecular weight excluding hydrogens is 521 g/mol. The highest BCUT2D eigenvalue weighted by molar-refractivity contribution is 14.0.